The smallest absolute Gasteiger partial charge is 0.307 e. The Labute approximate surface area is 123 Å². The molecule has 21 heavy (non-hydrogen) atoms. The number of carbonyl (C=O) groups is 1. The zero-order valence-electron chi connectivity index (χ0n) is 12.3. The van der Waals surface area contributed by atoms with Crippen LogP contribution in [0.25, 0.3) is 11.5 Å². The molecule has 2 rings (SSSR count). The highest BCUT2D eigenvalue weighted by Gasteiger charge is 2.18. The van der Waals surface area contributed by atoms with Gasteiger partial charge in [-0.15, -0.1) is 0 Å². The standard InChI is InChI=1S/C15H21N3O3/c1-10(2)7-11(15(19)20)8-16-9-12-3-4-14(21-12)13-5-6-17-18-13/h3-6,10-11,16H,7-9H2,1-2H3,(H,17,18)(H,19,20). The zero-order chi connectivity index (χ0) is 15.2. The highest BCUT2D eigenvalue weighted by atomic mass is 16.4. The Morgan fingerprint density at radius 3 is 2.86 bits per heavy atom. The van der Waals surface area contributed by atoms with Gasteiger partial charge in [0.2, 0.25) is 0 Å². The molecule has 0 aliphatic rings. The predicted octanol–water partition coefficient (Wildman–Crippen LogP) is 2.51. The number of aromatic amines is 1. The molecule has 2 heterocycles. The van der Waals surface area contributed by atoms with Gasteiger partial charge in [0, 0.05) is 12.7 Å². The van der Waals surface area contributed by atoms with E-state index in [1.54, 1.807) is 6.20 Å². The van der Waals surface area contributed by atoms with Gasteiger partial charge in [0.15, 0.2) is 5.76 Å². The van der Waals surface area contributed by atoms with Crippen molar-refractivity contribution in [2.75, 3.05) is 6.54 Å². The molecule has 2 aromatic heterocycles. The van der Waals surface area contributed by atoms with E-state index in [4.69, 9.17) is 4.42 Å². The van der Waals surface area contributed by atoms with Crippen molar-refractivity contribution in [3.8, 4) is 11.5 Å². The van der Waals surface area contributed by atoms with Crippen LogP contribution in [0.3, 0.4) is 0 Å². The highest BCUT2D eigenvalue weighted by molar-refractivity contribution is 5.70. The molecule has 3 N–H and O–H groups in total. The van der Waals surface area contributed by atoms with Crippen molar-refractivity contribution in [1.29, 1.82) is 0 Å². The molecule has 1 atom stereocenters. The van der Waals surface area contributed by atoms with E-state index < -0.39 is 5.97 Å². The number of carboxylic acids is 1. The fraction of sp³-hybridized carbons (Fsp3) is 0.467. The van der Waals surface area contributed by atoms with Crippen LogP contribution in [0.5, 0.6) is 0 Å². The molecule has 2 aromatic rings. The summed E-state index contributed by atoms with van der Waals surface area (Å²) in [5.74, 6) is 0.735. The summed E-state index contributed by atoms with van der Waals surface area (Å²) < 4.78 is 5.67. The molecule has 0 aliphatic carbocycles. The number of furan rings is 1. The molecule has 1 unspecified atom stereocenters. The summed E-state index contributed by atoms with van der Waals surface area (Å²) in [7, 11) is 0. The molecule has 0 bridgehead atoms. The molecular formula is C15H21N3O3. The number of nitrogens with zero attached hydrogens (tertiary/aromatic N) is 1. The van der Waals surface area contributed by atoms with Crippen molar-refractivity contribution in [1.82, 2.24) is 15.5 Å². The predicted molar refractivity (Wildman–Crippen MR) is 78.6 cm³/mol. The van der Waals surface area contributed by atoms with Crippen molar-refractivity contribution < 1.29 is 14.3 Å². The number of carboxylic acid groups (broad SMARTS) is 1. The van der Waals surface area contributed by atoms with E-state index in [1.807, 2.05) is 32.0 Å². The van der Waals surface area contributed by atoms with Crippen LogP contribution in [0.2, 0.25) is 0 Å². The number of hydrogen-bond donors (Lipinski definition) is 3. The first-order chi connectivity index (χ1) is 10.1. The second kappa shape index (κ2) is 7.08. The normalized spacial score (nSPS) is 12.7. The van der Waals surface area contributed by atoms with Crippen LogP contribution in [0.4, 0.5) is 0 Å². The van der Waals surface area contributed by atoms with Gasteiger partial charge >= 0.3 is 5.97 Å². The second-order valence-corrected chi connectivity index (χ2v) is 5.53. The Morgan fingerprint density at radius 2 is 2.24 bits per heavy atom. The highest BCUT2D eigenvalue weighted by Crippen LogP contribution is 2.19. The molecular weight excluding hydrogens is 270 g/mol. The number of nitrogens with one attached hydrogen (secondary N) is 2. The first kappa shape index (κ1) is 15.3. The molecule has 6 nitrogen and oxygen atoms in total. The average Bonchev–Trinajstić information content (AvgIpc) is 3.07. The number of H-pyrrole nitrogens is 1. The number of rotatable bonds is 8. The molecule has 0 saturated carbocycles. The number of hydrogen-bond acceptors (Lipinski definition) is 4. The second-order valence-electron chi connectivity index (χ2n) is 5.53. The van der Waals surface area contributed by atoms with Gasteiger partial charge < -0.3 is 14.8 Å². The van der Waals surface area contributed by atoms with Crippen molar-refractivity contribution >= 4 is 5.97 Å². The lowest BCUT2D eigenvalue weighted by Gasteiger charge is -2.14. The van der Waals surface area contributed by atoms with Crippen LogP contribution in [0.1, 0.15) is 26.0 Å². The van der Waals surface area contributed by atoms with E-state index >= 15 is 0 Å². The van der Waals surface area contributed by atoms with E-state index in [1.165, 1.54) is 0 Å². The van der Waals surface area contributed by atoms with Crippen LogP contribution in [0, 0.1) is 11.8 Å². The van der Waals surface area contributed by atoms with Crippen LogP contribution >= 0.6 is 0 Å². The van der Waals surface area contributed by atoms with E-state index in [0.717, 1.165) is 17.2 Å². The maximum absolute atomic E-state index is 11.2. The molecule has 6 heteroatoms. The fourth-order valence-corrected chi connectivity index (χ4v) is 2.22. The van der Waals surface area contributed by atoms with Crippen LogP contribution in [-0.2, 0) is 11.3 Å². The van der Waals surface area contributed by atoms with Gasteiger partial charge in [-0.2, -0.15) is 5.10 Å². The van der Waals surface area contributed by atoms with Gasteiger partial charge in [0.05, 0.1) is 12.5 Å². The maximum Gasteiger partial charge on any atom is 0.307 e. The molecule has 0 radical (unpaired) electrons. The minimum absolute atomic E-state index is 0.364. The minimum atomic E-state index is -0.756. The molecule has 0 spiro atoms. The lowest BCUT2D eigenvalue weighted by atomic mass is 9.97. The van der Waals surface area contributed by atoms with Crippen LogP contribution in [0.15, 0.2) is 28.8 Å². The first-order valence-corrected chi connectivity index (χ1v) is 7.08. The Kier molecular flexibility index (Phi) is 5.16. The molecule has 0 aliphatic heterocycles. The van der Waals surface area contributed by atoms with Gasteiger partial charge in [-0.05, 0) is 30.5 Å². The van der Waals surface area contributed by atoms with Crippen molar-refractivity contribution in [3.63, 3.8) is 0 Å². The summed E-state index contributed by atoms with van der Waals surface area (Å²) in [6, 6.07) is 5.58. The van der Waals surface area contributed by atoms with E-state index in [0.29, 0.717) is 25.4 Å². The van der Waals surface area contributed by atoms with Gasteiger partial charge in [0.25, 0.3) is 0 Å². The largest absolute Gasteiger partial charge is 0.481 e. The first-order valence-electron chi connectivity index (χ1n) is 7.08. The Hall–Kier alpha value is -2.08. The summed E-state index contributed by atoms with van der Waals surface area (Å²) in [5.41, 5.74) is 0.824. The summed E-state index contributed by atoms with van der Waals surface area (Å²) in [6.45, 7) is 5.00. The minimum Gasteiger partial charge on any atom is -0.481 e. The lowest BCUT2D eigenvalue weighted by molar-refractivity contribution is -0.142. The van der Waals surface area contributed by atoms with Crippen molar-refractivity contribution in [3.05, 3.63) is 30.2 Å². The SMILES string of the molecule is CC(C)CC(CNCc1ccc(-c2ccn[nH]2)o1)C(=O)O. The fourth-order valence-electron chi connectivity index (χ4n) is 2.22. The summed E-state index contributed by atoms with van der Waals surface area (Å²) in [6.07, 6.45) is 2.33. The third kappa shape index (κ3) is 4.46. The number of aliphatic carboxylic acids is 1. The topological polar surface area (TPSA) is 91.2 Å². The monoisotopic (exact) mass is 291 g/mol. The molecule has 0 saturated heterocycles. The van der Waals surface area contributed by atoms with Crippen LogP contribution in [-0.4, -0.2) is 27.8 Å². The summed E-state index contributed by atoms with van der Waals surface area (Å²) in [4.78, 5) is 11.2. The number of aromatic nitrogens is 2. The lowest BCUT2D eigenvalue weighted by Crippen LogP contribution is -2.29. The molecule has 114 valence electrons. The summed E-state index contributed by atoms with van der Waals surface area (Å²) in [5, 5.41) is 19.0. The zero-order valence-corrected chi connectivity index (χ0v) is 12.3. The third-order valence-corrected chi connectivity index (χ3v) is 3.22. The van der Waals surface area contributed by atoms with E-state index in [-0.39, 0.29) is 5.92 Å². The third-order valence-electron chi connectivity index (χ3n) is 3.22. The van der Waals surface area contributed by atoms with Gasteiger partial charge in [-0.3, -0.25) is 9.89 Å². The van der Waals surface area contributed by atoms with Gasteiger partial charge in [0.1, 0.15) is 11.5 Å². The molecule has 0 amide bonds. The Bertz CT molecular complexity index is 560. The Balaban J connectivity index is 1.84. The Morgan fingerprint density at radius 1 is 1.43 bits per heavy atom. The van der Waals surface area contributed by atoms with Gasteiger partial charge in [-0.25, -0.2) is 0 Å². The average molecular weight is 291 g/mol. The molecule has 0 fully saturated rings. The summed E-state index contributed by atoms with van der Waals surface area (Å²) >= 11 is 0. The van der Waals surface area contributed by atoms with Gasteiger partial charge in [-0.1, -0.05) is 13.8 Å². The van der Waals surface area contributed by atoms with Crippen LogP contribution < -0.4 is 5.32 Å². The van der Waals surface area contributed by atoms with Crippen molar-refractivity contribution in [2.24, 2.45) is 11.8 Å². The quantitative estimate of drug-likeness (QED) is 0.695. The van der Waals surface area contributed by atoms with E-state index in [2.05, 4.69) is 15.5 Å². The van der Waals surface area contributed by atoms with E-state index in [9.17, 15) is 9.90 Å². The van der Waals surface area contributed by atoms with Crippen molar-refractivity contribution in [2.45, 2.75) is 26.8 Å². The molecule has 0 aromatic carbocycles. The maximum atomic E-state index is 11.2.